The number of aliphatic hydroxyl groups is 1. The van der Waals surface area contributed by atoms with E-state index in [2.05, 4.69) is 23.6 Å². The van der Waals surface area contributed by atoms with E-state index in [1.807, 2.05) is 6.07 Å². The molecule has 1 saturated heterocycles. The van der Waals surface area contributed by atoms with Crippen LogP contribution in [0.3, 0.4) is 0 Å². The van der Waals surface area contributed by atoms with E-state index in [-0.39, 0.29) is 6.10 Å². The standard InChI is InChI=1S/C14H16O2S/c15-13(10-4-7-16-8-5-10)12-3-1-2-11-6-9-17-14(11)12/h1-3,6,9-10,13,15H,4-5,7-8H2. The number of fused-ring (bicyclic) bond motifs is 1. The van der Waals surface area contributed by atoms with Crippen molar-refractivity contribution >= 4 is 21.4 Å². The Labute approximate surface area is 105 Å². The van der Waals surface area contributed by atoms with Crippen molar-refractivity contribution in [2.75, 3.05) is 13.2 Å². The molecule has 0 bridgehead atoms. The summed E-state index contributed by atoms with van der Waals surface area (Å²) in [6.07, 6.45) is 1.58. The van der Waals surface area contributed by atoms with Crippen LogP contribution in [0, 0.1) is 5.92 Å². The summed E-state index contributed by atoms with van der Waals surface area (Å²) in [5, 5.41) is 13.8. The number of thiophene rings is 1. The van der Waals surface area contributed by atoms with E-state index < -0.39 is 0 Å². The van der Waals surface area contributed by atoms with Gasteiger partial charge in [0.25, 0.3) is 0 Å². The molecule has 2 heterocycles. The fraction of sp³-hybridized carbons (Fsp3) is 0.429. The number of aliphatic hydroxyl groups excluding tert-OH is 1. The topological polar surface area (TPSA) is 29.5 Å². The number of hydrogen-bond donors (Lipinski definition) is 1. The number of ether oxygens (including phenoxy) is 1. The van der Waals surface area contributed by atoms with Crippen LogP contribution in [-0.4, -0.2) is 18.3 Å². The van der Waals surface area contributed by atoms with Crippen LogP contribution in [0.4, 0.5) is 0 Å². The molecule has 90 valence electrons. The minimum Gasteiger partial charge on any atom is -0.388 e. The summed E-state index contributed by atoms with van der Waals surface area (Å²) in [5.74, 6) is 0.344. The highest BCUT2D eigenvalue weighted by Crippen LogP contribution is 2.35. The lowest BCUT2D eigenvalue weighted by Gasteiger charge is -2.27. The molecule has 0 saturated carbocycles. The Hall–Kier alpha value is -0.900. The molecule has 1 aromatic heterocycles. The highest BCUT2D eigenvalue weighted by atomic mass is 32.1. The molecule has 0 amide bonds. The second kappa shape index (κ2) is 4.77. The SMILES string of the molecule is OC(c1cccc2ccsc12)C1CCOCC1. The molecule has 1 aromatic carbocycles. The van der Waals surface area contributed by atoms with Gasteiger partial charge in [0, 0.05) is 17.9 Å². The van der Waals surface area contributed by atoms with E-state index in [9.17, 15) is 5.11 Å². The van der Waals surface area contributed by atoms with Gasteiger partial charge in [0.2, 0.25) is 0 Å². The first-order valence-electron chi connectivity index (χ1n) is 6.08. The van der Waals surface area contributed by atoms with Gasteiger partial charge in [-0.05, 0) is 41.2 Å². The van der Waals surface area contributed by atoms with Crippen molar-refractivity contribution in [1.82, 2.24) is 0 Å². The Morgan fingerprint density at radius 3 is 2.88 bits per heavy atom. The van der Waals surface area contributed by atoms with Gasteiger partial charge in [-0.3, -0.25) is 0 Å². The Bertz CT molecular complexity index is 500. The molecule has 3 heteroatoms. The molecule has 1 N–H and O–H groups in total. The zero-order chi connectivity index (χ0) is 11.7. The van der Waals surface area contributed by atoms with Gasteiger partial charge in [0.05, 0.1) is 6.10 Å². The van der Waals surface area contributed by atoms with E-state index in [4.69, 9.17) is 4.74 Å². The van der Waals surface area contributed by atoms with Crippen LogP contribution in [0.2, 0.25) is 0 Å². The van der Waals surface area contributed by atoms with E-state index in [1.54, 1.807) is 11.3 Å². The van der Waals surface area contributed by atoms with Crippen LogP contribution >= 0.6 is 11.3 Å². The van der Waals surface area contributed by atoms with Crippen LogP contribution < -0.4 is 0 Å². The summed E-state index contributed by atoms with van der Waals surface area (Å²) < 4.78 is 6.58. The van der Waals surface area contributed by atoms with Gasteiger partial charge in [-0.1, -0.05) is 18.2 Å². The number of hydrogen-bond acceptors (Lipinski definition) is 3. The van der Waals surface area contributed by atoms with Crippen molar-refractivity contribution in [2.24, 2.45) is 5.92 Å². The highest BCUT2D eigenvalue weighted by Gasteiger charge is 2.24. The smallest absolute Gasteiger partial charge is 0.0833 e. The van der Waals surface area contributed by atoms with Crippen LogP contribution in [0.5, 0.6) is 0 Å². The molecule has 0 spiro atoms. The van der Waals surface area contributed by atoms with Crippen LogP contribution in [-0.2, 0) is 4.74 Å². The first-order valence-corrected chi connectivity index (χ1v) is 6.96. The number of benzene rings is 1. The quantitative estimate of drug-likeness (QED) is 0.883. The third kappa shape index (κ3) is 2.10. The van der Waals surface area contributed by atoms with E-state index in [0.717, 1.165) is 31.6 Å². The summed E-state index contributed by atoms with van der Waals surface area (Å²) in [7, 11) is 0. The highest BCUT2D eigenvalue weighted by molar-refractivity contribution is 7.17. The molecular formula is C14H16O2S. The molecular weight excluding hydrogens is 232 g/mol. The maximum Gasteiger partial charge on any atom is 0.0833 e. The largest absolute Gasteiger partial charge is 0.388 e. The Morgan fingerprint density at radius 1 is 1.24 bits per heavy atom. The second-order valence-electron chi connectivity index (χ2n) is 4.58. The van der Waals surface area contributed by atoms with Crippen molar-refractivity contribution in [1.29, 1.82) is 0 Å². The summed E-state index contributed by atoms with van der Waals surface area (Å²) in [5.41, 5.74) is 1.09. The molecule has 2 aromatic rings. The first-order chi connectivity index (χ1) is 8.36. The Morgan fingerprint density at radius 2 is 2.06 bits per heavy atom. The van der Waals surface area contributed by atoms with Crippen molar-refractivity contribution < 1.29 is 9.84 Å². The molecule has 0 aliphatic carbocycles. The Kier molecular flexibility index (Phi) is 3.14. The molecule has 1 unspecified atom stereocenters. The summed E-state index contributed by atoms with van der Waals surface area (Å²) >= 11 is 1.72. The molecule has 1 aliphatic rings. The maximum atomic E-state index is 10.5. The average Bonchev–Trinajstić information content (AvgIpc) is 2.87. The maximum absolute atomic E-state index is 10.5. The predicted octanol–water partition coefficient (Wildman–Crippen LogP) is 3.36. The number of rotatable bonds is 2. The minimum atomic E-state index is -0.346. The van der Waals surface area contributed by atoms with Crippen molar-refractivity contribution in [3.63, 3.8) is 0 Å². The van der Waals surface area contributed by atoms with Crippen LogP contribution in [0.1, 0.15) is 24.5 Å². The predicted molar refractivity (Wildman–Crippen MR) is 70.3 cm³/mol. The van der Waals surface area contributed by atoms with Crippen molar-refractivity contribution in [2.45, 2.75) is 18.9 Å². The average molecular weight is 248 g/mol. The lowest BCUT2D eigenvalue weighted by Crippen LogP contribution is -2.21. The van der Waals surface area contributed by atoms with E-state index in [0.29, 0.717) is 5.92 Å². The van der Waals surface area contributed by atoms with Gasteiger partial charge in [0.1, 0.15) is 0 Å². The summed E-state index contributed by atoms with van der Waals surface area (Å²) in [6.45, 7) is 1.56. The minimum absolute atomic E-state index is 0.344. The molecule has 1 atom stereocenters. The third-order valence-electron chi connectivity index (χ3n) is 3.54. The summed E-state index contributed by atoms with van der Waals surface area (Å²) in [6, 6.07) is 8.30. The fourth-order valence-corrected chi connectivity index (χ4v) is 3.48. The Balaban J connectivity index is 1.94. The van der Waals surface area contributed by atoms with Gasteiger partial charge in [0.15, 0.2) is 0 Å². The zero-order valence-electron chi connectivity index (χ0n) is 9.63. The molecule has 1 fully saturated rings. The monoisotopic (exact) mass is 248 g/mol. The normalized spacial score (nSPS) is 19.6. The van der Waals surface area contributed by atoms with Crippen molar-refractivity contribution in [3.8, 4) is 0 Å². The molecule has 1 aliphatic heterocycles. The van der Waals surface area contributed by atoms with Crippen LogP contribution in [0.25, 0.3) is 10.1 Å². The van der Waals surface area contributed by atoms with Crippen molar-refractivity contribution in [3.05, 3.63) is 35.2 Å². The lowest BCUT2D eigenvalue weighted by molar-refractivity contribution is 0.00778. The lowest BCUT2D eigenvalue weighted by atomic mass is 9.89. The van der Waals surface area contributed by atoms with Gasteiger partial charge in [-0.2, -0.15) is 0 Å². The van der Waals surface area contributed by atoms with E-state index >= 15 is 0 Å². The van der Waals surface area contributed by atoms with Gasteiger partial charge in [-0.15, -0.1) is 11.3 Å². The molecule has 3 rings (SSSR count). The third-order valence-corrected chi connectivity index (χ3v) is 4.52. The van der Waals surface area contributed by atoms with Gasteiger partial charge < -0.3 is 9.84 Å². The molecule has 0 radical (unpaired) electrons. The van der Waals surface area contributed by atoms with Gasteiger partial charge >= 0.3 is 0 Å². The zero-order valence-corrected chi connectivity index (χ0v) is 10.5. The fourth-order valence-electron chi connectivity index (χ4n) is 2.53. The summed E-state index contributed by atoms with van der Waals surface area (Å²) in [4.78, 5) is 0. The molecule has 2 nitrogen and oxygen atoms in total. The van der Waals surface area contributed by atoms with Gasteiger partial charge in [-0.25, -0.2) is 0 Å². The van der Waals surface area contributed by atoms with Crippen LogP contribution in [0.15, 0.2) is 29.6 Å². The molecule has 17 heavy (non-hydrogen) atoms. The first kappa shape index (κ1) is 11.2. The second-order valence-corrected chi connectivity index (χ2v) is 5.50. The van der Waals surface area contributed by atoms with E-state index in [1.165, 1.54) is 10.1 Å².